The van der Waals surface area contributed by atoms with Crippen LogP contribution >= 0.6 is 15.9 Å². The first-order valence-electron chi connectivity index (χ1n) is 4.31. The Morgan fingerprint density at radius 3 is 2.75 bits per heavy atom. The molecule has 12 heavy (non-hydrogen) atoms. The van der Waals surface area contributed by atoms with Gasteiger partial charge in [0, 0.05) is 17.2 Å². The summed E-state index contributed by atoms with van der Waals surface area (Å²) in [6.45, 7) is 0. The maximum absolute atomic E-state index is 3.58. The van der Waals surface area contributed by atoms with Crippen molar-refractivity contribution >= 4 is 21.6 Å². The number of hydrogen-bond acceptors (Lipinski definition) is 1. The molecule has 0 aliphatic heterocycles. The third-order valence-electron chi connectivity index (χ3n) is 2.50. The summed E-state index contributed by atoms with van der Waals surface area (Å²) in [5.74, 6) is 0. The minimum Gasteiger partial charge on any atom is -0.388 e. The highest BCUT2D eigenvalue weighted by molar-refractivity contribution is 9.10. The summed E-state index contributed by atoms with van der Waals surface area (Å²) in [6.07, 6.45) is 3.75. The Morgan fingerprint density at radius 2 is 2.00 bits per heavy atom. The van der Waals surface area contributed by atoms with Crippen molar-refractivity contribution in [1.29, 1.82) is 0 Å². The smallest absolute Gasteiger partial charge is 0.0373 e. The Labute approximate surface area is 81.3 Å². The van der Waals surface area contributed by atoms with Gasteiger partial charge in [0.15, 0.2) is 0 Å². The van der Waals surface area contributed by atoms with E-state index in [2.05, 4.69) is 33.4 Å². The van der Waals surface area contributed by atoms with Gasteiger partial charge in [-0.05, 0) is 42.5 Å². The number of anilines is 1. The molecule has 0 radical (unpaired) electrons. The molecule has 1 aliphatic carbocycles. The molecule has 0 bridgehead atoms. The largest absolute Gasteiger partial charge is 0.388 e. The lowest BCUT2D eigenvalue weighted by molar-refractivity contribution is 0.911. The average Bonchev–Trinajstić information content (AvgIpc) is 2.54. The van der Waals surface area contributed by atoms with E-state index in [1.807, 2.05) is 7.05 Å². The number of halogens is 1. The molecule has 0 saturated carbocycles. The molecule has 1 aromatic carbocycles. The van der Waals surface area contributed by atoms with Crippen molar-refractivity contribution in [3.05, 3.63) is 27.7 Å². The van der Waals surface area contributed by atoms with Gasteiger partial charge in [-0.25, -0.2) is 0 Å². The van der Waals surface area contributed by atoms with Crippen LogP contribution in [0.1, 0.15) is 17.5 Å². The van der Waals surface area contributed by atoms with Gasteiger partial charge in [0.05, 0.1) is 0 Å². The lowest BCUT2D eigenvalue weighted by atomic mass is 10.1. The zero-order chi connectivity index (χ0) is 8.55. The van der Waals surface area contributed by atoms with Crippen molar-refractivity contribution in [3.63, 3.8) is 0 Å². The molecule has 1 N–H and O–H groups in total. The number of fused-ring (bicyclic) bond motifs is 1. The monoisotopic (exact) mass is 225 g/mol. The average molecular weight is 226 g/mol. The van der Waals surface area contributed by atoms with Crippen LogP contribution in [0.3, 0.4) is 0 Å². The standard InChI is InChI=1S/C10H12BrN/c1-12-10-6-5-9(11)7-3-2-4-8(7)10/h5-6,12H,2-4H2,1H3. The summed E-state index contributed by atoms with van der Waals surface area (Å²) < 4.78 is 1.27. The van der Waals surface area contributed by atoms with Crippen LogP contribution in [0.15, 0.2) is 16.6 Å². The third-order valence-corrected chi connectivity index (χ3v) is 3.24. The van der Waals surface area contributed by atoms with Gasteiger partial charge in [-0.15, -0.1) is 0 Å². The van der Waals surface area contributed by atoms with Crippen LogP contribution in [0.4, 0.5) is 5.69 Å². The number of benzene rings is 1. The van der Waals surface area contributed by atoms with Crippen LogP contribution in [0.5, 0.6) is 0 Å². The van der Waals surface area contributed by atoms with Crippen LogP contribution in [0.25, 0.3) is 0 Å². The van der Waals surface area contributed by atoms with E-state index in [1.54, 1.807) is 0 Å². The molecule has 0 saturated heterocycles. The fraction of sp³-hybridized carbons (Fsp3) is 0.400. The SMILES string of the molecule is CNc1ccc(Br)c2c1CCC2. The van der Waals surface area contributed by atoms with E-state index in [1.165, 1.54) is 40.5 Å². The molecule has 0 atom stereocenters. The van der Waals surface area contributed by atoms with Crippen LogP contribution in [-0.2, 0) is 12.8 Å². The number of rotatable bonds is 1. The maximum Gasteiger partial charge on any atom is 0.0373 e. The van der Waals surface area contributed by atoms with Crippen LogP contribution in [0.2, 0.25) is 0 Å². The second kappa shape index (κ2) is 3.09. The van der Waals surface area contributed by atoms with E-state index in [9.17, 15) is 0 Å². The van der Waals surface area contributed by atoms with E-state index in [-0.39, 0.29) is 0 Å². The van der Waals surface area contributed by atoms with Crippen LogP contribution in [-0.4, -0.2) is 7.05 Å². The quantitative estimate of drug-likeness (QED) is 0.776. The Kier molecular flexibility index (Phi) is 2.09. The third kappa shape index (κ3) is 1.14. The summed E-state index contributed by atoms with van der Waals surface area (Å²) in [4.78, 5) is 0. The van der Waals surface area contributed by atoms with Gasteiger partial charge in [-0.2, -0.15) is 0 Å². The van der Waals surface area contributed by atoms with Gasteiger partial charge in [0.1, 0.15) is 0 Å². The zero-order valence-electron chi connectivity index (χ0n) is 7.15. The minimum atomic E-state index is 1.23. The molecular weight excluding hydrogens is 214 g/mol. The van der Waals surface area contributed by atoms with Gasteiger partial charge < -0.3 is 5.32 Å². The molecule has 1 nitrogen and oxygen atoms in total. The molecule has 64 valence electrons. The second-order valence-electron chi connectivity index (χ2n) is 3.16. The summed E-state index contributed by atoms with van der Waals surface area (Å²) in [5.41, 5.74) is 4.31. The van der Waals surface area contributed by atoms with E-state index < -0.39 is 0 Å². The highest BCUT2D eigenvalue weighted by Crippen LogP contribution is 2.33. The maximum atomic E-state index is 3.58. The summed E-state index contributed by atoms with van der Waals surface area (Å²) in [5, 5.41) is 3.23. The molecule has 0 spiro atoms. The van der Waals surface area contributed by atoms with E-state index in [0.29, 0.717) is 0 Å². The van der Waals surface area contributed by atoms with E-state index in [4.69, 9.17) is 0 Å². The zero-order valence-corrected chi connectivity index (χ0v) is 8.74. The van der Waals surface area contributed by atoms with Gasteiger partial charge in [0.25, 0.3) is 0 Å². The van der Waals surface area contributed by atoms with Gasteiger partial charge in [-0.3, -0.25) is 0 Å². The lowest BCUT2D eigenvalue weighted by Crippen LogP contribution is -1.94. The molecule has 2 rings (SSSR count). The fourth-order valence-corrected chi connectivity index (χ4v) is 2.47. The first kappa shape index (κ1) is 8.11. The first-order chi connectivity index (χ1) is 5.83. The molecule has 1 aromatic rings. The first-order valence-corrected chi connectivity index (χ1v) is 5.10. The topological polar surface area (TPSA) is 12.0 Å². The minimum absolute atomic E-state index is 1.23. The Hall–Kier alpha value is -0.500. The van der Waals surface area contributed by atoms with Crippen molar-refractivity contribution in [1.82, 2.24) is 0 Å². The van der Waals surface area contributed by atoms with Crippen molar-refractivity contribution in [2.75, 3.05) is 12.4 Å². The Balaban J connectivity index is 2.57. The predicted octanol–water partition coefficient (Wildman–Crippen LogP) is 2.98. The van der Waals surface area contributed by atoms with Crippen LogP contribution in [0, 0.1) is 0 Å². The molecule has 0 heterocycles. The number of nitrogens with one attached hydrogen (secondary N) is 1. The van der Waals surface area contributed by atoms with Gasteiger partial charge in [0.2, 0.25) is 0 Å². The normalized spacial score (nSPS) is 14.5. The highest BCUT2D eigenvalue weighted by Gasteiger charge is 2.16. The molecule has 0 fully saturated rings. The molecule has 0 aromatic heterocycles. The molecule has 0 unspecified atom stereocenters. The fourth-order valence-electron chi connectivity index (χ4n) is 1.90. The summed E-state index contributed by atoms with van der Waals surface area (Å²) >= 11 is 3.58. The van der Waals surface area contributed by atoms with E-state index in [0.717, 1.165) is 0 Å². The summed E-state index contributed by atoms with van der Waals surface area (Å²) in [6, 6.07) is 4.28. The Bertz CT molecular complexity index is 307. The van der Waals surface area contributed by atoms with Gasteiger partial charge in [-0.1, -0.05) is 15.9 Å². The van der Waals surface area contributed by atoms with E-state index >= 15 is 0 Å². The highest BCUT2D eigenvalue weighted by atomic mass is 79.9. The van der Waals surface area contributed by atoms with Crippen molar-refractivity contribution in [2.45, 2.75) is 19.3 Å². The lowest BCUT2D eigenvalue weighted by Gasteiger charge is -2.08. The molecular formula is C10H12BrN. The van der Waals surface area contributed by atoms with Crippen molar-refractivity contribution in [3.8, 4) is 0 Å². The van der Waals surface area contributed by atoms with Crippen molar-refractivity contribution < 1.29 is 0 Å². The molecule has 2 heteroatoms. The molecule has 0 amide bonds. The molecule has 1 aliphatic rings. The van der Waals surface area contributed by atoms with Gasteiger partial charge >= 0.3 is 0 Å². The second-order valence-corrected chi connectivity index (χ2v) is 4.01. The number of hydrogen-bond donors (Lipinski definition) is 1. The predicted molar refractivity (Wildman–Crippen MR) is 55.7 cm³/mol. The Morgan fingerprint density at radius 1 is 1.25 bits per heavy atom. The van der Waals surface area contributed by atoms with Crippen LogP contribution < -0.4 is 5.32 Å². The summed E-state index contributed by atoms with van der Waals surface area (Å²) in [7, 11) is 1.99. The van der Waals surface area contributed by atoms with Crippen molar-refractivity contribution in [2.24, 2.45) is 0 Å².